The van der Waals surface area contributed by atoms with Crippen molar-refractivity contribution in [3.63, 3.8) is 0 Å². The minimum absolute atomic E-state index is 0.160. The standard InChI is InChI=1S/C9H15N3O3/c1-12-4-3-8(11-12)9(14)10-7(5-13)6-15-2/h3-4,7,13H,5-6H2,1-2H3,(H,10,14). The van der Waals surface area contributed by atoms with Crippen LogP contribution in [0.4, 0.5) is 0 Å². The summed E-state index contributed by atoms with van der Waals surface area (Å²) in [6.07, 6.45) is 1.68. The fourth-order valence-corrected chi connectivity index (χ4v) is 1.14. The molecule has 6 heteroatoms. The van der Waals surface area contributed by atoms with E-state index in [2.05, 4.69) is 10.4 Å². The van der Waals surface area contributed by atoms with Gasteiger partial charge in [-0.2, -0.15) is 5.10 Å². The highest BCUT2D eigenvalue weighted by Crippen LogP contribution is 1.95. The normalized spacial score (nSPS) is 12.5. The number of rotatable bonds is 5. The van der Waals surface area contributed by atoms with E-state index in [4.69, 9.17) is 9.84 Å². The summed E-state index contributed by atoms with van der Waals surface area (Å²) >= 11 is 0. The molecule has 0 fully saturated rings. The summed E-state index contributed by atoms with van der Waals surface area (Å²) in [5.74, 6) is -0.313. The van der Waals surface area contributed by atoms with E-state index in [9.17, 15) is 4.79 Å². The van der Waals surface area contributed by atoms with E-state index in [1.807, 2.05) is 0 Å². The molecule has 1 amide bonds. The van der Waals surface area contributed by atoms with Gasteiger partial charge in [-0.05, 0) is 6.07 Å². The summed E-state index contributed by atoms with van der Waals surface area (Å²) in [5, 5.41) is 15.5. The molecule has 2 N–H and O–H groups in total. The zero-order valence-electron chi connectivity index (χ0n) is 8.80. The average Bonchev–Trinajstić information content (AvgIpc) is 2.64. The minimum atomic E-state index is -0.399. The molecule has 0 spiro atoms. The van der Waals surface area contributed by atoms with Crippen molar-refractivity contribution >= 4 is 5.91 Å². The van der Waals surface area contributed by atoms with Crippen molar-refractivity contribution in [2.24, 2.45) is 7.05 Å². The van der Waals surface area contributed by atoms with E-state index in [-0.39, 0.29) is 19.1 Å². The highest BCUT2D eigenvalue weighted by molar-refractivity contribution is 5.92. The number of hydrogen-bond acceptors (Lipinski definition) is 4. The Morgan fingerprint density at radius 1 is 1.80 bits per heavy atom. The highest BCUT2D eigenvalue weighted by Gasteiger charge is 2.14. The Kier molecular flexibility index (Phi) is 4.26. The summed E-state index contributed by atoms with van der Waals surface area (Å²) in [5.41, 5.74) is 0.326. The first-order valence-electron chi connectivity index (χ1n) is 4.57. The van der Waals surface area contributed by atoms with Crippen LogP contribution in [0.25, 0.3) is 0 Å². The number of carbonyl (C=O) groups excluding carboxylic acids is 1. The quantitative estimate of drug-likeness (QED) is 0.668. The number of amides is 1. The number of nitrogens with one attached hydrogen (secondary N) is 1. The van der Waals surface area contributed by atoms with Crippen LogP contribution in [-0.2, 0) is 11.8 Å². The lowest BCUT2D eigenvalue weighted by atomic mass is 10.3. The first-order chi connectivity index (χ1) is 7.17. The molecule has 15 heavy (non-hydrogen) atoms. The predicted octanol–water partition coefficient (Wildman–Crippen LogP) is -0.843. The highest BCUT2D eigenvalue weighted by atomic mass is 16.5. The minimum Gasteiger partial charge on any atom is -0.394 e. The summed E-state index contributed by atoms with van der Waals surface area (Å²) < 4.78 is 6.38. The summed E-state index contributed by atoms with van der Waals surface area (Å²) in [6, 6.07) is 1.21. The Morgan fingerprint density at radius 2 is 2.53 bits per heavy atom. The molecule has 0 bridgehead atoms. The van der Waals surface area contributed by atoms with Crippen molar-refractivity contribution in [1.82, 2.24) is 15.1 Å². The molecule has 1 unspecified atom stereocenters. The molecule has 1 heterocycles. The van der Waals surface area contributed by atoms with Crippen LogP contribution in [0.15, 0.2) is 12.3 Å². The van der Waals surface area contributed by atoms with Crippen LogP contribution in [0.5, 0.6) is 0 Å². The molecule has 0 aliphatic carbocycles. The van der Waals surface area contributed by atoms with Crippen molar-refractivity contribution < 1.29 is 14.6 Å². The van der Waals surface area contributed by atoms with Gasteiger partial charge in [-0.3, -0.25) is 9.48 Å². The molecule has 0 aliphatic rings. The van der Waals surface area contributed by atoms with Crippen molar-refractivity contribution in [3.8, 4) is 0 Å². The summed E-state index contributed by atoms with van der Waals surface area (Å²) in [7, 11) is 3.24. The van der Waals surface area contributed by atoms with Crippen LogP contribution >= 0.6 is 0 Å². The van der Waals surface area contributed by atoms with Crippen molar-refractivity contribution in [2.75, 3.05) is 20.3 Å². The number of aromatic nitrogens is 2. The number of methoxy groups -OCH3 is 1. The lowest BCUT2D eigenvalue weighted by Crippen LogP contribution is -2.40. The molecule has 1 atom stereocenters. The van der Waals surface area contributed by atoms with E-state index < -0.39 is 6.04 Å². The lowest BCUT2D eigenvalue weighted by Gasteiger charge is -2.13. The van der Waals surface area contributed by atoms with Gasteiger partial charge in [0.25, 0.3) is 5.91 Å². The van der Waals surface area contributed by atoms with Crippen LogP contribution in [0.3, 0.4) is 0 Å². The molecule has 0 saturated heterocycles. The molecule has 1 rings (SSSR count). The molecular formula is C9H15N3O3. The molecular weight excluding hydrogens is 198 g/mol. The molecule has 0 aliphatic heterocycles. The van der Waals surface area contributed by atoms with Gasteiger partial charge in [-0.15, -0.1) is 0 Å². The van der Waals surface area contributed by atoms with Gasteiger partial charge in [-0.25, -0.2) is 0 Å². The Bertz CT molecular complexity index is 324. The molecule has 0 saturated carbocycles. The third-order valence-electron chi connectivity index (χ3n) is 1.87. The number of hydrogen-bond donors (Lipinski definition) is 2. The molecule has 1 aromatic rings. The zero-order valence-corrected chi connectivity index (χ0v) is 8.80. The molecule has 84 valence electrons. The second-order valence-electron chi connectivity index (χ2n) is 3.18. The van der Waals surface area contributed by atoms with E-state index >= 15 is 0 Å². The number of aryl methyl sites for hydroxylation is 1. The maximum Gasteiger partial charge on any atom is 0.272 e. The fourth-order valence-electron chi connectivity index (χ4n) is 1.14. The van der Waals surface area contributed by atoms with Crippen molar-refractivity contribution in [3.05, 3.63) is 18.0 Å². The van der Waals surface area contributed by atoms with Gasteiger partial charge >= 0.3 is 0 Å². The molecule has 0 radical (unpaired) electrons. The van der Waals surface area contributed by atoms with Gasteiger partial charge in [0.15, 0.2) is 0 Å². The monoisotopic (exact) mass is 213 g/mol. The Morgan fingerprint density at radius 3 is 3.00 bits per heavy atom. The van der Waals surface area contributed by atoms with Gasteiger partial charge in [0.1, 0.15) is 5.69 Å². The van der Waals surface area contributed by atoms with Crippen LogP contribution in [0.2, 0.25) is 0 Å². The second-order valence-corrected chi connectivity index (χ2v) is 3.18. The van der Waals surface area contributed by atoms with E-state index in [0.29, 0.717) is 5.69 Å². The number of aliphatic hydroxyl groups excluding tert-OH is 1. The van der Waals surface area contributed by atoms with Gasteiger partial charge < -0.3 is 15.2 Å². The Hall–Kier alpha value is -1.40. The van der Waals surface area contributed by atoms with Gasteiger partial charge in [-0.1, -0.05) is 0 Å². The Labute approximate surface area is 87.8 Å². The van der Waals surface area contributed by atoms with Gasteiger partial charge in [0, 0.05) is 20.4 Å². The SMILES string of the molecule is COCC(CO)NC(=O)c1ccn(C)n1. The van der Waals surface area contributed by atoms with E-state index in [0.717, 1.165) is 0 Å². The van der Waals surface area contributed by atoms with E-state index in [1.54, 1.807) is 24.0 Å². The van der Waals surface area contributed by atoms with Gasteiger partial charge in [0.2, 0.25) is 0 Å². The number of nitrogens with zero attached hydrogens (tertiary/aromatic N) is 2. The topological polar surface area (TPSA) is 76.4 Å². The van der Waals surface area contributed by atoms with Crippen LogP contribution < -0.4 is 5.32 Å². The van der Waals surface area contributed by atoms with E-state index in [1.165, 1.54) is 7.11 Å². The first-order valence-corrected chi connectivity index (χ1v) is 4.57. The third-order valence-corrected chi connectivity index (χ3v) is 1.87. The van der Waals surface area contributed by atoms with Crippen molar-refractivity contribution in [1.29, 1.82) is 0 Å². The Balaban J connectivity index is 2.54. The maximum atomic E-state index is 11.5. The first kappa shape index (κ1) is 11.7. The number of ether oxygens (including phenoxy) is 1. The molecule has 1 aromatic heterocycles. The average molecular weight is 213 g/mol. The maximum absolute atomic E-state index is 11.5. The third kappa shape index (κ3) is 3.34. The lowest BCUT2D eigenvalue weighted by molar-refractivity contribution is 0.0834. The molecule has 6 nitrogen and oxygen atoms in total. The summed E-state index contributed by atoms with van der Waals surface area (Å²) in [4.78, 5) is 11.5. The fraction of sp³-hybridized carbons (Fsp3) is 0.556. The van der Waals surface area contributed by atoms with Crippen molar-refractivity contribution in [2.45, 2.75) is 6.04 Å². The molecule has 0 aromatic carbocycles. The van der Waals surface area contributed by atoms with Crippen LogP contribution in [0, 0.1) is 0 Å². The second kappa shape index (κ2) is 5.47. The number of aliphatic hydroxyl groups is 1. The smallest absolute Gasteiger partial charge is 0.272 e. The van der Waals surface area contributed by atoms with Crippen LogP contribution in [-0.4, -0.2) is 47.2 Å². The van der Waals surface area contributed by atoms with Crippen LogP contribution in [0.1, 0.15) is 10.5 Å². The largest absolute Gasteiger partial charge is 0.394 e. The summed E-state index contributed by atoms with van der Waals surface area (Å²) in [6.45, 7) is 0.113. The van der Waals surface area contributed by atoms with Gasteiger partial charge in [0.05, 0.1) is 19.3 Å². The zero-order chi connectivity index (χ0) is 11.3. The predicted molar refractivity (Wildman–Crippen MR) is 53.4 cm³/mol. The number of carbonyl (C=O) groups is 1.